The lowest BCUT2D eigenvalue weighted by molar-refractivity contribution is 0.0722. The molecule has 10 nitrogen and oxygen atoms in total. The molecule has 0 radical (unpaired) electrons. The Kier molecular flexibility index (Phi) is 7.11. The maximum absolute atomic E-state index is 14.5. The van der Waals surface area contributed by atoms with Crippen LogP contribution in [0.15, 0.2) is 65.7 Å². The number of carbonyl (C=O) groups excluding carboxylic acids is 1. The minimum atomic E-state index is -3.96. The smallest absolute Gasteiger partial charge is 0.262 e. The first kappa shape index (κ1) is 28.4. The van der Waals surface area contributed by atoms with Crippen molar-refractivity contribution in [3.05, 3.63) is 88.6 Å². The number of fused-ring (bicyclic) bond motifs is 2. The van der Waals surface area contributed by atoms with E-state index in [0.717, 1.165) is 16.8 Å². The average molecular weight is 610 g/mol. The van der Waals surface area contributed by atoms with Crippen molar-refractivity contribution in [1.82, 2.24) is 33.8 Å². The first-order valence-electron chi connectivity index (χ1n) is 13.6. The second-order valence-electron chi connectivity index (χ2n) is 11.1. The van der Waals surface area contributed by atoms with Crippen LogP contribution < -0.4 is 0 Å². The molecule has 42 heavy (non-hydrogen) atoms. The van der Waals surface area contributed by atoms with E-state index in [4.69, 9.17) is 11.6 Å². The van der Waals surface area contributed by atoms with E-state index < -0.39 is 27.4 Å². The van der Waals surface area contributed by atoms with Gasteiger partial charge in [0.2, 0.25) is 5.95 Å². The number of hydrogen-bond acceptors (Lipinski definition) is 7. The van der Waals surface area contributed by atoms with E-state index in [9.17, 15) is 17.6 Å². The van der Waals surface area contributed by atoms with E-state index in [-0.39, 0.29) is 29.0 Å². The number of Topliss-reactive ketones (excluding diaryl/α,β-unsaturated/α-hetero) is 1. The van der Waals surface area contributed by atoms with E-state index in [0.29, 0.717) is 30.0 Å². The second-order valence-corrected chi connectivity index (χ2v) is 13.3. The van der Waals surface area contributed by atoms with Crippen LogP contribution in [-0.2, 0) is 23.5 Å². The van der Waals surface area contributed by atoms with Gasteiger partial charge in [-0.15, -0.1) is 0 Å². The monoisotopic (exact) mass is 609 g/mol. The van der Waals surface area contributed by atoms with Gasteiger partial charge in [-0.25, -0.2) is 18.1 Å². The highest BCUT2D eigenvalue weighted by molar-refractivity contribution is 7.89. The molecule has 0 unspecified atom stereocenters. The minimum Gasteiger partial charge on any atom is -0.291 e. The third-order valence-electron chi connectivity index (χ3n) is 8.08. The molecule has 0 spiro atoms. The lowest BCUT2D eigenvalue weighted by Gasteiger charge is -2.47. The van der Waals surface area contributed by atoms with Gasteiger partial charge in [0.1, 0.15) is 5.69 Å². The van der Waals surface area contributed by atoms with Crippen LogP contribution in [0.2, 0.25) is 5.02 Å². The van der Waals surface area contributed by atoms with Gasteiger partial charge in [-0.2, -0.15) is 18.9 Å². The van der Waals surface area contributed by atoms with Gasteiger partial charge in [0.05, 0.1) is 29.2 Å². The van der Waals surface area contributed by atoms with E-state index >= 15 is 0 Å². The molecule has 13 heteroatoms. The topological polar surface area (TPSA) is 116 Å². The van der Waals surface area contributed by atoms with Crippen molar-refractivity contribution >= 4 is 33.5 Å². The number of aryl methyl sites for hydroxylation is 1. The highest BCUT2D eigenvalue weighted by Crippen LogP contribution is 2.51. The average Bonchev–Trinajstić information content (AvgIpc) is 3.57. The Morgan fingerprint density at radius 1 is 1.19 bits per heavy atom. The predicted octanol–water partition coefficient (Wildman–Crippen LogP) is 4.65. The molecular weight excluding hydrogens is 581 g/mol. The van der Waals surface area contributed by atoms with Crippen LogP contribution in [0.5, 0.6) is 0 Å². The van der Waals surface area contributed by atoms with Crippen molar-refractivity contribution in [2.24, 2.45) is 12.5 Å². The molecule has 1 saturated carbocycles. The summed E-state index contributed by atoms with van der Waals surface area (Å²) in [5, 5.41) is 9.08. The van der Waals surface area contributed by atoms with E-state index in [1.807, 2.05) is 19.9 Å². The summed E-state index contributed by atoms with van der Waals surface area (Å²) in [6.45, 7) is 3.66. The summed E-state index contributed by atoms with van der Waals surface area (Å²) in [5.74, 6) is -0.813. The number of sulfonamides is 1. The van der Waals surface area contributed by atoms with Crippen LogP contribution in [0.25, 0.3) is 11.8 Å². The van der Waals surface area contributed by atoms with Gasteiger partial charge in [-0.3, -0.25) is 14.5 Å². The highest BCUT2D eigenvalue weighted by Gasteiger charge is 2.52. The zero-order valence-corrected chi connectivity index (χ0v) is 24.8. The summed E-state index contributed by atoms with van der Waals surface area (Å²) >= 11 is 6.27. The Bertz CT molecular complexity index is 1820. The number of pyridine rings is 2. The zero-order chi connectivity index (χ0) is 29.8. The molecule has 4 aromatic heterocycles. The molecular formula is C29H29ClFN7O3S. The molecule has 0 aliphatic heterocycles. The molecule has 2 atom stereocenters. The number of carbonyl (C=O) groups is 1. The molecule has 218 valence electrons. The maximum atomic E-state index is 14.5. The predicted molar refractivity (Wildman–Crippen MR) is 154 cm³/mol. The Hall–Kier alpha value is -3.74. The number of aromatic nitrogens is 6. The Labute approximate surface area is 247 Å². The van der Waals surface area contributed by atoms with Crippen molar-refractivity contribution in [1.29, 1.82) is 0 Å². The first-order valence-corrected chi connectivity index (χ1v) is 15.4. The summed E-state index contributed by atoms with van der Waals surface area (Å²) in [7, 11) is -2.29. The summed E-state index contributed by atoms with van der Waals surface area (Å²) in [5.41, 5.74) is 2.19. The number of hydrogen-bond donors (Lipinski definition) is 0. The third-order valence-corrected chi connectivity index (χ3v) is 10.3. The second kappa shape index (κ2) is 10.5. The van der Waals surface area contributed by atoms with Gasteiger partial charge in [0, 0.05) is 36.5 Å². The van der Waals surface area contributed by atoms with Gasteiger partial charge in [0.15, 0.2) is 10.8 Å². The lowest BCUT2D eigenvalue weighted by atomic mass is 9.60. The molecule has 1 fully saturated rings. The fraction of sp³-hybridized carbons (Fsp3) is 0.345. The summed E-state index contributed by atoms with van der Waals surface area (Å²) in [6.07, 6.45) is 9.68. The standard InChI is InChI=1S/C29H29ClFN7O3S/c1-18(2)38(42(40,41)27-9-11-36(3)35-27)22-5-4-20-12-25-19(16-34-37(25)23-6-7-26(31)33-17-23)14-29(20,15-22)28(39)24-13-21(30)8-10-32-24/h6-13,16-18,22H,4-5,14-15H2,1-3H3/t22-,29-/m0/s1. The fourth-order valence-corrected chi connectivity index (χ4v) is 8.28. The van der Waals surface area contributed by atoms with Crippen molar-refractivity contribution in [2.45, 2.75) is 56.6 Å². The van der Waals surface area contributed by atoms with Gasteiger partial charge in [0.25, 0.3) is 10.0 Å². The van der Waals surface area contributed by atoms with E-state index in [1.54, 1.807) is 42.3 Å². The Morgan fingerprint density at radius 2 is 2.00 bits per heavy atom. The quantitative estimate of drug-likeness (QED) is 0.221. The van der Waals surface area contributed by atoms with Crippen molar-refractivity contribution in [3.63, 3.8) is 0 Å². The van der Waals surface area contributed by atoms with Crippen LogP contribution in [0.1, 0.15) is 54.9 Å². The molecule has 0 N–H and O–H groups in total. The number of ketones is 1. The molecule has 0 amide bonds. The molecule has 0 saturated heterocycles. The number of allylic oxidation sites excluding steroid dienone is 1. The van der Waals surface area contributed by atoms with Crippen molar-refractivity contribution < 1.29 is 17.6 Å². The summed E-state index contributed by atoms with van der Waals surface area (Å²) in [6, 6.07) is 6.65. The summed E-state index contributed by atoms with van der Waals surface area (Å²) in [4.78, 5) is 22.6. The number of nitrogens with zero attached hydrogens (tertiary/aromatic N) is 7. The molecule has 6 rings (SSSR count). The molecule has 4 heterocycles. The molecule has 2 aliphatic rings. The Balaban J connectivity index is 1.46. The van der Waals surface area contributed by atoms with Gasteiger partial charge in [-0.1, -0.05) is 17.2 Å². The summed E-state index contributed by atoms with van der Waals surface area (Å²) < 4.78 is 45.9. The highest BCUT2D eigenvalue weighted by atomic mass is 35.5. The largest absolute Gasteiger partial charge is 0.291 e. The van der Waals surface area contributed by atoms with Crippen molar-refractivity contribution in [3.8, 4) is 5.69 Å². The van der Waals surface area contributed by atoms with Crippen LogP contribution in [0.3, 0.4) is 0 Å². The number of halogens is 2. The molecule has 2 aliphatic carbocycles. The van der Waals surface area contributed by atoms with E-state index in [2.05, 4.69) is 20.2 Å². The minimum absolute atomic E-state index is 0.0305. The van der Waals surface area contributed by atoms with Crippen LogP contribution in [-0.4, -0.2) is 60.1 Å². The lowest BCUT2D eigenvalue weighted by Crippen LogP contribution is -2.52. The van der Waals surface area contributed by atoms with Crippen LogP contribution in [0, 0.1) is 11.4 Å². The zero-order valence-electron chi connectivity index (χ0n) is 23.3. The number of rotatable bonds is 7. The van der Waals surface area contributed by atoms with Gasteiger partial charge >= 0.3 is 0 Å². The van der Waals surface area contributed by atoms with Crippen molar-refractivity contribution in [2.75, 3.05) is 0 Å². The SMILES string of the molecule is CC(C)N([C@H]1CCC2=Cc3c(cnn3-c3ccc(F)nc3)C[C@]2(C(=O)c2cc(Cl)ccn2)C1)S(=O)(=O)c1ccn(C)n1. The molecule has 4 aromatic rings. The normalized spacial score (nSPS) is 20.4. The van der Waals surface area contributed by atoms with E-state index in [1.165, 1.54) is 33.5 Å². The van der Waals surface area contributed by atoms with Crippen LogP contribution in [0.4, 0.5) is 4.39 Å². The van der Waals surface area contributed by atoms with Gasteiger partial charge < -0.3 is 0 Å². The Morgan fingerprint density at radius 3 is 2.67 bits per heavy atom. The maximum Gasteiger partial charge on any atom is 0.262 e. The third kappa shape index (κ3) is 4.77. The van der Waals surface area contributed by atoms with Gasteiger partial charge in [-0.05, 0) is 81.5 Å². The molecule has 0 aromatic carbocycles. The van der Waals surface area contributed by atoms with Crippen LogP contribution >= 0.6 is 11.6 Å². The fourth-order valence-electron chi connectivity index (χ4n) is 6.31. The molecule has 0 bridgehead atoms. The first-order chi connectivity index (χ1) is 20.0.